The first-order valence-corrected chi connectivity index (χ1v) is 9.42. The number of rotatable bonds is 6. The molecule has 1 atom stereocenters. The second-order valence-corrected chi connectivity index (χ2v) is 7.79. The van der Waals surface area contributed by atoms with E-state index in [9.17, 15) is 14.7 Å². The normalized spacial score (nSPS) is 18.3. The highest BCUT2D eigenvalue weighted by Gasteiger charge is 2.50. The van der Waals surface area contributed by atoms with Crippen LogP contribution in [-0.4, -0.2) is 23.5 Å². The maximum absolute atomic E-state index is 13.1. The summed E-state index contributed by atoms with van der Waals surface area (Å²) in [5.41, 5.74) is 1.30. The molecule has 5 heteroatoms. The standard InChI is InChI=1S/C23H26N2O3/c1-15(2)14-25-20-8-6-5-7-19(20)23(28,22(25)27)13-17(4)21(26)24-18-11-9-16(3)10-12-18/h5-12,15,28H,4,13-14H2,1-3H3,(H,24,26)/t23-/m0/s1. The van der Waals surface area contributed by atoms with Crippen LogP contribution in [0.15, 0.2) is 60.7 Å². The summed E-state index contributed by atoms with van der Waals surface area (Å²) in [4.78, 5) is 27.2. The molecule has 28 heavy (non-hydrogen) atoms. The maximum atomic E-state index is 13.1. The number of para-hydroxylation sites is 1. The molecule has 2 N–H and O–H groups in total. The molecule has 0 spiro atoms. The van der Waals surface area contributed by atoms with Crippen molar-refractivity contribution in [2.45, 2.75) is 32.8 Å². The van der Waals surface area contributed by atoms with Gasteiger partial charge in [-0.15, -0.1) is 0 Å². The Morgan fingerprint density at radius 3 is 2.46 bits per heavy atom. The van der Waals surface area contributed by atoms with Crippen molar-refractivity contribution in [3.05, 3.63) is 71.8 Å². The Morgan fingerprint density at radius 2 is 1.82 bits per heavy atom. The van der Waals surface area contributed by atoms with Crippen molar-refractivity contribution in [1.29, 1.82) is 0 Å². The molecule has 1 heterocycles. The summed E-state index contributed by atoms with van der Waals surface area (Å²) in [6, 6.07) is 14.6. The van der Waals surface area contributed by atoms with Gasteiger partial charge in [0.2, 0.25) is 0 Å². The quantitative estimate of drug-likeness (QED) is 0.752. The fourth-order valence-electron chi connectivity index (χ4n) is 3.47. The SMILES string of the molecule is C=C(C[C@@]1(O)C(=O)N(CC(C)C)c2ccccc21)C(=O)Nc1ccc(C)cc1. The highest BCUT2D eigenvalue weighted by Crippen LogP contribution is 2.43. The lowest BCUT2D eigenvalue weighted by atomic mass is 9.88. The first kappa shape index (κ1) is 19.8. The van der Waals surface area contributed by atoms with Crippen molar-refractivity contribution in [1.82, 2.24) is 0 Å². The van der Waals surface area contributed by atoms with Gasteiger partial charge in [0.25, 0.3) is 11.8 Å². The molecule has 146 valence electrons. The van der Waals surface area contributed by atoms with Crippen LogP contribution in [0.1, 0.15) is 31.4 Å². The number of carbonyl (C=O) groups excluding carboxylic acids is 2. The molecular formula is C23H26N2O3. The lowest BCUT2D eigenvalue weighted by Crippen LogP contribution is -2.42. The molecule has 0 aliphatic carbocycles. The van der Waals surface area contributed by atoms with E-state index in [2.05, 4.69) is 11.9 Å². The third-order valence-corrected chi connectivity index (χ3v) is 4.89. The number of amides is 2. The second kappa shape index (κ2) is 7.60. The van der Waals surface area contributed by atoms with E-state index < -0.39 is 17.4 Å². The Kier molecular flexibility index (Phi) is 5.38. The van der Waals surface area contributed by atoms with Gasteiger partial charge in [0.05, 0.1) is 5.69 Å². The number of fused-ring (bicyclic) bond motifs is 1. The molecule has 1 aliphatic rings. The molecule has 5 nitrogen and oxygen atoms in total. The summed E-state index contributed by atoms with van der Waals surface area (Å²) in [5, 5.41) is 14.1. The zero-order valence-corrected chi connectivity index (χ0v) is 16.5. The lowest BCUT2D eigenvalue weighted by molar-refractivity contribution is -0.136. The molecule has 2 aromatic carbocycles. The van der Waals surface area contributed by atoms with Gasteiger partial charge in [-0.2, -0.15) is 0 Å². The van der Waals surface area contributed by atoms with Crippen molar-refractivity contribution in [3.63, 3.8) is 0 Å². The number of nitrogens with one attached hydrogen (secondary N) is 1. The summed E-state index contributed by atoms with van der Waals surface area (Å²) in [7, 11) is 0. The monoisotopic (exact) mass is 378 g/mol. The molecule has 0 aromatic heterocycles. The topological polar surface area (TPSA) is 69.6 Å². The van der Waals surface area contributed by atoms with E-state index in [0.717, 1.165) is 5.56 Å². The van der Waals surface area contributed by atoms with Crippen LogP contribution in [0.3, 0.4) is 0 Å². The second-order valence-electron chi connectivity index (χ2n) is 7.79. The van der Waals surface area contributed by atoms with E-state index in [-0.39, 0.29) is 17.9 Å². The minimum atomic E-state index is -1.78. The fourth-order valence-corrected chi connectivity index (χ4v) is 3.47. The molecule has 3 rings (SSSR count). The van der Waals surface area contributed by atoms with E-state index in [4.69, 9.17) is 0 Å². The molecular weight excluding hydrogens is 352 g/mol. The van der Waals surface area contributed by atoms with Crippen LogP contribution in [0.25, 0.3) is 0 Å². The van der Waals surface area contributed by atoms with Crippen molar-refractivity contribution in [2.75, 3.05) is 16.8 Å². The van der Waals surface area contributed by atoms with Crippen molar-refractivity contribution >= 4 is 23.2 Å². The molecule has 0 radical (unpaired) electrons. The highest BCUT2D eigenvalue weighted by atomic mass is 16.3. The first-order valence-electron chi connectivity index (χ1n) is 9.42. The number of aryl methyl sites for hydroxylation is 1. The maximum Gasteiger partial charge on any atom is 0.264 e. The number of hydrogen-bond acceptors (Lipinski definition) is 3. The predicted octanol–water partition coefficient (Wildman–Crippen LogP) is 3.77. The summed E-state index contributed by atoms with van der Waals surface area (Å²) < 4.78 is 0. The zero-order chi connectivity index (χ0) is 20.5. The lowest BCUT2D eigenvalue weighted by Gasteiger charge is -2.24. The van der Waals surface area contributed by atoms with Crippen LogP contribution >= 0.6 is 0 Å². The molecule has 2 amide bonds. The molecule has 1 aliphatic heterocycles. The van der Waals surface area contributed by atoms with Gasteiger partial charge in [0.1, 0.15) is 0 Å². The van der Waals surface area contributed by atoms with E-state index >= 15 is 0 Å². The third-order valence-electron chi connectivity index (χ3n) is 4.89. The summed E-state index contributed by atoms with van der Waals surface area (Å²) in [6.45, 7) is 10.3. The van der Waals surface area contributed by atoms with Crippen molar-refractivity contribution < 1.29 is 14.7 Å². The number of aliphatic hydroxyl groups is 1. The fraction of sp³-hybridized carbons (Fsp3) is 0.304. The van der Waals surface area contributed by atoms with Gasteiger partial charge in [0, 0.05) is 29.8 Å². The average Bonchev–Trinajstić information content (AvgIpc) is 2.85. The Balaban J connectivity index is 1.82. The Labute approximate surface area is 165 Å². The van der Waals surface area contributed by atoms with Crippen molar-refractivity contribution in [3.8, 4) is 0 Å². The Hall–Kier alpha value is -2.92. The van der Waals surface area contributed by atoms with Gasteiger partial charge < -0.3 is 15.3 Å². The van der Waals surface area contributed by atoms with E-state index in [1.54, 1.807) is 29.2 Å². The third kappa shape index (κ3) is 3.71. The summed E-state index contributed by atoms with van der Waals surface area (Å²) in [6.07, 6.45) is -0.158. The van der Waals surface area contributed by atoms with Gasteiger partial charge in [0.15, 0.2) is 5.60 Å². The van der Waals surface area contributed by atoms with Gasteiger partial charge in [-0.25, -0.2) is 0 Å². The Bertz CT molecular complexity index is 918. The van der Waals surface area contributed by atoms with Crippen molar-refractivity contribution in [2.24, 2.45) is 5.92 Å². The number of hydrogen-bond donors (Lipinski definition) is 2. The smallest absolute Gasteiger partial charge is 0.264 e. The summed E-state index contributed by atoms with van der Waals surface area (Å²) in [5.74, 6) is -0.580. The Morgan fingerprint density at radius 1 is 1.18 bits per heavy atom. The van der Waals surface area contributed by atoms with Crippen LogP contribution < -0.4 is 10.2 Å². The highest BCUT2D eigenvalue weighted by molar-refractivity contribution is 6.09. The molecule has 2 aromatic rings. The molecule has 0 saturated carbocycles. The van der Waals surface area contributed by atoms with Crippen LogP contribution in [0.5, 0.6) is 0 Å². The average molecular weight is 378 g/mol. The van der Waals surface area contributed by atoms with E-state index in [0.29, 0.717) is 23.5 Å². The van der Waals surface area contributed by atoms with Crippen LogP contribution in [0.2, 0.25) is 0 Å². The van der Waals surface area contributed by atoms with E-state index in [1.165, 1.54) is 0 Å². The van der Waals surface area contributed by atoms with E-state index in [1.807, 2.05) is 45.0 Å². The van der Waals surface area contributed by atoms with Gasteiger partial charge in [-0.1, -0.05) is 56.3 Å². The predicted molar refractivity (Wildman–Crippen MR) is 111 cm³/mol. The largest absolute Gasteiger partial charge is 0.375 e. The molecule has 0 fully saturated rings. The number of benzene rings is 2. The molecule has 0 saturated heterocycles. The summed E-state index contributed by atoms with van der Waals surface area (Å²) >= 11 is 0. The minimum Gasteiger partial charge on any atom is -0.375 e. The minimum absolute atomic E-state index is 0.151. The van der Waals surface area contributed by atoms with Crippen LogP contribution in [-0.2, 0) is 15.2 Å². The number of carbonyl (C=O) groups is 2. The molecule has 0 bridgehead atoms. The number of anilines is 2. The van der Waals surface area contributed by atoms with Crippen LogP contribution in [0, 0.1) is 12.8 Å². The first-order chi connectivity index (χ1) is 13.2. The van der Waals surface area contributed by atoms with Gasteiger partial charge in [-0.3, -0.25) is 9.59 Å². The number of nitrogens with zero attached hydrogens (tertiary/aromatic N) is 1. The van der Waals surface area contributed by atoms with Gasteiger partial charge >= 0.3 is 0 Å². The van der Waals surface area contributed by atoms with Crippen LogP contribution in [0.4, 0.5) is 11.4 Å². The zero-order valence-electron chi connectivity index (χ0n) is 16.5. The molecule has 0 unspecified atom stereocenters. The van der Waals surface area contributed by atoms with Gasteiger partial charge in [-0.05, 0) is 31.0 Å².